The van der Waals surface area contributed by atoms with Gasteiger partial charge < -0.3 is 10.2 Å². The van der Waals surface area contributed by atoms with Crippen molar-refractivity contribution in [1.82, 2.24) is 20.7 Å². The summed E-state index contributed by atoms with van der Waals surface area (Å²) in [5.74, 6) is 0.575. The minimum atomic E-state index is -0.690. The van der Waals surface area contributed by atoms with Gasteiger partial charge >= 0.3 is 6.03 Å². The number of hydrazine groups is 1. The Kier molecular flexibility index (Phi) is 3.88. The van der Waals surface area contributed by atoms with E-state index < -0.39 is 5.82 Å². The van der Waals surface area contributed by atoms with Crippen LogP contribution in [0, 0.1) is 23.1 Å². The monoisotopic (exact) mass is 379 g/mol. The van der Waals surface area contributed by atoms with Crippen molar-refractivity contribution in [2.24, 2.45) is 17.3 Å². The molecule has 2 saturated heterocycles. The molecule has 5 unspecified atom stereocenters. The highest BCUT2D eigenvalue weighted by atomic mass is 35.5. The van der Waals surface area contributed by atoms with E-state index in [0.29, 0.717) is 36.5 Å². The fourth-order valence-electron chi connectivity index (χ4n) is 5.58. The van der Waals surface area contributed by atoms with E-state index in [-0.39, 0.29) is 16.9 Å². The van der Waals surface area contributed by atoms with E-state index in [9.17, 15) is 9.18 Å². The summed E-state index contributed by atoms with van der Waals surface area (Å²) in [6, 6.07) is 2.00. The molecule has 1 aromatic heterocycles. The first-order valence-electron chi connectivity index (χ1n) is 9.45. The normalized spacial score (nSPS) is 38.0. The van der Waals surface area contributed by atoms with Gasteiger partial charge in [0.15, 0.2) is 11.0 Å². The molecule has 0 radical (unpaired) electrons. The Balaban J connectivity index is 1.29. The Morgan fingerprint density at radius 1 is 1.42 bits per heavy atom. The minimum Gasteiger partial charge on any atom is -0.324 e. The number of anilines is 1. The average Bonchev–Trinajstić information content (AvgIpc) is 3.00. The molecule has 140 valence electrons. The molecule has 2 amide bonds. The largest absolute Gasteiger partial charge is 0.324 e. The number of hydrogen-bond acceptors (Lipinski definition) is 4. The Morgan fingerprint density at radius 3 is 3.08 bits per heavy atom. The fraction of sp³-hybridized carbons (Fsp3) is 0.667. The molecule has 4 fully saturated rings. The highest BCUT2D eigenvalue weighted by molar-refractivity contribution is 6.29. The van der Waals surface area contributed by atoms with Crippen LogP contribution in [-0.2, 0) is 0 Å². The quantitative estimate of drug-likeness (QED) is 0.691. The van der Waals surface area contributed by atoms with Gasteiger partial charge in [-0.15, -0.1) is 0 Å². The molecule has 4 aliphatic rings. The number of urea groups is 1. The van der Waals surface area contributed by atoms with Crippen molar-refractivity contribution in [2.45, 2.75) is 44.2 Å². The molecule has 2 aliphatic heterocycles. The zero-order valence-corrected chi connectivity index (χ0v) is 15.2. The van der Waals surface area contributed by atoms with Crippen LogP contribution in [0.2, 0.25) is 5.15 Å². The molecular weight excluding hydrogens is 357 g/mol. The maximum absolute atomic E-state index is 14.0. The molecule has 26 heavy (non-hydrogen) atoms. The smallest absolute Gasteiger partial charge is 0.321 e. The second kappa shape index (κ2) is 6.04. The molecule has 2 aliphatic carbocycles. The van der Waals surface area contributed by atoms with Crippen molar-refractivity contribution in [3.05, 3.63) is 23.2 Å². The average molecular weight is 380 g/mol. The number of nitrogens with one attached hydrogen (secondary N) is 3. The summed E-state index contributed by atoms with van der Waals surface area (Å²) in [5.41, 5.74) is 7.54. The minimum absolute atomic E-state index is 0.0768. The Bertz CT molecular complexity index is 748. The lowest BCUT2D eigenvalue weighted by Gasteiger charge is -2.38. The standard InChI is InChI=1S/C18H23ClFN5O/c19-16-14(20)13(3-6-21-16)22-17(26)25-7-4-12-11(9-25)15(24-23-12)18-5-1-2-10(18)8-18/h3,6,10-12,15,23-24H,1-2,4-5,7-9H2,(H,21,22,26). The third-order valence-corrected chi connectivity index (χ3v) is 7.24. The van der Waals surface area contributed by atoms with Crippen LogP contribution >= 0.6 is 11.6 Å². The van der Waals surface area contributed by atoms with Crippen molar-refractivity contribution < 1.29 is 9.18 Å². The van der Waals surface area contributed by atoms with Crippen molar-refractivity contribution in [1.29, 1.82) is 0 Å². The van der Waals surface area contributed by atoms with Crippen LogP contribution in [0.5, 0.6) is 0 Å². The predicted octanol–water partition coefficient (Wildman–Crippen LogP) is 2.76. The van der Waals surface area contributed by atoms with Crippen LogP contribution in [0.4, 0.5) is 14.9 Å². The van der Waals surface area contributed by atoms with E-state index in [4.69, 9.17) is 11.6 Å². The maximum atomic E-state index is 14.0. The Hall–Kier alpha value is -1.44. The molecule has 6 nitrogen and oxygen atoms in total. The van der Waals surface area contributed by atoms with Crippen LogP contribution in [0.15, 0.2) is 12.3 Å². The first-order chi connectivity index (χ1) is 12.6. The summed E-state index contributed by atoms with van der Waals surface area (Å²) < 4.78 is 14.0. The van der Waals surface area contributed by atoms with Gasteiger partial charge in [-0.2, -0.15) is 0 Å². The van der Waals surface area contributed by atoms with Gasteiger partial charge in [0, 0.05) is 37.3 Å². The topological polar surface area (TPSA) is 69.3 Å². The van der Waals surface area contributed by atoms with Crippen molar-refractivity contribution in [3.63, 3.8) is 0 Å². The van der Waals surface area contributed by atoms with Gasteiger partial charge in [-0.1, -0.05) is 18.0 Å². The highest BCUT2D eigenvalue weighted by Crippen LogP contribution is 2.67. The maximum Gasteiger partial charge on any atom is 0.321 e. The van der Waals surface area contributed by atoms with E-state index in [1.807, 2.05) is 0 Å². The van der Waals surface area contributed by atoms with Crippen LogP contribution < -0.4 is 16.2 Å². The predicted molar refractivity (Wildman–Crippen MR) is 96.1 cm³/mol. The van der Waals surface area contributed by atoms with Crippen LogP contribution in [0.25, 0.3) is 0 Å². The molecule has 5 rings (SSSR count). The number of pyridine rings is 1. The molecule has 1 aromatic rings. The third-order valence-electron chi connectivity index (χ3n) is 6.98. The molecule has 2 saturated carbocycles. The van der Waals surface area contributed by atoms with E-state index in [1.165, 1.54) is 37.9 Å². The van der Waals surface area contributed by atoms with Crippen LogP contribution in [-0.4, -0.2) is 41.1 Å². The number of nitrogens with zero attached hydrogens (tertiary/aromatic N) is 2. The first-order valence-corrected chi connectivity index (χ1v) is 9.83. The highest BCUT2D eigenvalue weighted by Gasteiger charge is 2.64. The van der Waals surface area contributed by atoms with Crippen molar-refractivity contribution in [2.75, 3.05) is 18.4 Å². The summed E-state index contributed by atoms with van der Waals surface area (Å²) in [6.45, 7) is 1.35. The van der Waals surface area contributed by atoms with E-state index in [2.05, 4.69) is 21.2 Å². The molecule has 0 bridgehead atoms. The van der Waals surface area contributed by atoms with E-state index in [0.717, 1.165) is 12.3 Å². The zero-order chi connectivity index (χ0) is 17.9. The zero-order valence-electron chi connectivity index (χ0n) is 14.5. The second-order valence-corrected chi connectivity index (χ2v) is 8.55. The number of rotatable bonds is 2. The lowest BCUT2D eigenvalue weighted by molar-refractivity contribution is 0.150. The number of fused-ring (bicyclic) bond motifs is 2. The lowest BCUT2D eigenvalue weighted by Crippen LogP contribution is -2.51. The first kappa shape index (κ1) is 16.7. The van der Waals surface area contributed by atoms with Crippen LogP contribution in [0.3, 0.4) is 0 Å². The van der Waals surface area contributed by atoms with Gasteiger partial charge in [-0.05, 0) is 43.1 Å². The van der Waals surface area contributed by atoms with Gasteiger partial charge in [-0.3, -0.25) is 10.9 Å². The number of amides is 2. The van der Waals surface area contributed by atoms with Crippen LogP contribution in [0.1, 0.15) is 32.1 Å². The summed E-state index contributed by atoms with van der Waals surface area (Å²) in [6.07, 6.45) is 7.59. The molecule has 3 heterocycles. The van der Waals surface area contributed by atoms with Gasteiger partial charge in [0.1, 0.15) is 0 Å². The van der Waals surface area contributed by atoms with Gasteiger partial charge in [-0.25, -0.2) is 14.2 Å². The molecule has 3 N–H and O–H groups in total. The molecule has 5 atom stereocenters. The number of halogens is 2. The number of carbonyl (C=O) groups excluding carboxylic acids is 1. The SMILES string of the molecule is O=C(Nc1ccnc(Cl)c1F)N1CCC2NNC(C34CCCC3C4)C2C1. The number of carbonyl (C=O) groups is 1. The fourth-order valence-corrected chi connectivity index (χ4v) is 5.73. The summed E-state index contributed by atoms with van der Waals surface area (Å²) >= 11 is 5.70. The van der Waals surface area contributed by atoms with E-state index >= 15 is 0 Å². The molecular formula is C18H23ClFN5O. The summed E-state index contributed by atoms with van der Waals surface area (Å²) in [7, 11) is 0. The van der Waals surface area contributed by atoms with E-state index in [1.54, 1.807) is 4.90 Å². The van der Waals surface area contributed by atoms with Gasteiger partial charge in [0.25, 0.3) is 0 Å². The molecule has 8 heteroatoms. The lowest BCUT2D eigenvalue weighted by atomic mass is 9.79. The molecule has 0 spiro atoms. The van der Waals surface area contributed by atoms with Crippen molar-refractivity contribution >= 4 is 23.3 Å². The summed E-state index contributed by atoms with van der Waals surface area (Å²) in [5, 5.41) is 2.42. The summed E-state index contributed by atoms with van der Waals surface area (Å²) in [4.78, 5) is 18.2. The Labute approximate surface area is 156 Å². The van der Waals surface area contributed by atoms with Gasteiger partial charge in [0.05, 0.1) is 5.69 Å². The number of likely N-dealkylation sites (tertiary alicyclic amines) is 1. The second-order valence-electron chi connectivity index (χ2n) is 8.19. The molecule has 0 aromatic carbocycles. The van der Waals surface area contributed by atoms with Gasteiger partial charge in [0.2, 0.25) is 0 Å². The number of aromatic nitrogens is 1. The number of hydrogen-bond donors (Lipinski definition) is 3. The third kappa shape index (κ3) is 2.52. The Morgan fingerprint density at radius 2 is 2.31 bits per heavy atom. The van der Waals surface area contributed by atoms with Crippen molar-refractivity contribution in [3.8, 4) is 0 Å². The number of piperidine rings is 1.